The zero-order chi connectivity index (χ0) is 15.3. The van der Waals surface area contributed by atoms with Gasteiger partial charge < -0.3 is 20.6 Å². The number of benzene rings is 1. The fourth-order valence-corrected chi connectivity index (χ4v) is 1.43. The number of carbonyl (C=O) groups excluding carboxylic acids is 1. The Morgan fingerprint density at radius 3 is 2.30 bits per heavy atom. The highest BCUT2D eigenvalue weighted by Gasteiger charge is 2.32. The molecule has 0 bridgehead atoms. The zero-order valence-corrected chi connectivity index (χ0v) is 10.2. The van der Waals surface area contributed by atoms with E-state index in [0.29, 0.717) is 6.07 Å². The highest BCUT2D eigenvalue weighted by molar-refractivity contribution is 5.98. The molecule has 20 heavy (non-hydrogen) atoms. The number of rotatable bonds is 6. The molecule has 0 saturated carbocycles. The van der Waals surface area contributed by atoms with Gasteiger partial charge in [-0.25, -0.2) is 4.39 Å². The van der Waals surface area contributed by atoms with Gasteiger partial charge in [0.15, 0.2) is 0 Å². The van der Waals surface area contributed by atoms with E-state index in [4.69, 9.17) is 15.3 Å². The second-order valence-electron chi connectivity index (χ2n) is 4.13. The zero-order valence-electron chi connectivity index (χ0n) is 10.2. The molecule has 1 rings (SSSR count). The molecule has 8 nitrogen and oxygen atoms in total. The summed E-state index contributed by atoms with van der Waals surface area (Å²) in [6.45, 7) is -2.39. The quantitative estimate of drug-likeness (QED) is 0.399. The predicted molar refractivity (Wildman–Crippen MR) is 64.5 cm³/mol. The van der Waals surface area contributed by atoms with Gasteiger partial charge in [0.2, 0.25) is 0 Å². The Morgan fingerprint density at radius 1 is 1.30 bits per heavy atom. The molecule has 1 aromatic carbocycles. The molecule has 0 atom stereocenters. The third-order valence-electron chi connectivity index (χ3n) is 2.69. The molecule has 0 unspecified atom stereocenters. The Balaban J connectivity index is 3.15. The topological polar surface area (TPSA) is 133 Å². The standard InChI is InChI=1S/C11H13FN2O6/c12-7-1-2-9(14(19)20)8(3-7)10(18)13-11(4-15,5-16)6-17/h1-3,15-17H,4-6H2,(H,13,18). The lowest BCUT2D eigenvalue weighted by atomic mass is 10.0. The van der Waals surface area contributed by atoms with Crippen LogP contribution in [-0.2, 0) is 0 Å². The largest absolute Gasteiger partial charge is 0.394 e. The molecule has 4 N–H and O–H groups in total. The molecule has 9 heteroatoms. The van der Waals surface area contributed by atoms with E-state index < -0.39 is 53.3 Å². The molecule has 0 radical (unpaired) electrons. The molecule has 0 aliphatic heterocycles. The number of aliphatic hydroxyl groups is 3. The molecule has 0 saturated heterocycles. The second kappa shape index (κ2) is 6.37. The number of carbonyl (C=O) groups is 1. The lowest BCUT2D eigenvalue weighted by molar-refractivity contribution is -0.385. The summed E-state index contributed by atoms with van der Waals surface area (Å²) in [5.41, 5.74) is -2.96. The van der Waals surface area contributed by atoms with Crippen molar-refractivity contribution in [2.45, 2.75) is 5.54 Å². The molecule has 0 spiro atoms. The number of nitrogens with one attached hydrogen (secondary N) is 1. The van der Waals surface area contributed by atoms with Crippen molar-refractivity contribution in [1.82, 2.24) is 5.32 Å². The molecular formula is C11H13FN2O6. The highest BCUT2D eigenvalue weighted by Crippen LogP contribution is 2.20. The van der Waals surface area contributed by atoms with Gasteiger partial charge in [0.25, 0.3) is 11.6 Å². The number of nitro groups is 1. The molecule has 0 aromatic heterocycles. The van der Waals surface area contributed by atoms with Gasteiger partial charge in [0.05, 0.1) is 24.7 Å². The maximum absolute atomic E-state index is 13.1. The lowest BCUT2D eigenvalue weighted by Gasteiger charge is -2.28. The van der Waals surface area contributed by atoms with Gasteiger partial charge in [-0.3, -0.25) is 14.9 Å². The minimum atomic E-state index is -1.75. The average molecular weight is 288 g/mol. The first kappa shape index (κ1) is 16.0. The van der Waals surface area contributed by atoms with Crippen LogP contribution in [0.1, 0.15) is 10.4 Å². The number of hydrogen-bond donors (Lipinski definition) is 4. The van der Waals surface area contributed by atoms with Crippen LogP contribution in [0.15, 0.2) is 18.2 Å². The average Bonchev–Trinajstić information content (AvgIpc) is 2.44. The van der Waals surface area contributed by atoms with Crippen molar-refractivity contribution < 1.29 is 29.4 Å². The van der Waals surface area contributed by atoms with Gasteiger partial charge in [0, 0.05) is 6.07 Å². The van der Waals surface area contributed by atoms with Crippen LogP contribution < -0.4 is 5.32 Å². The van der Waals surface area contributed by atoms with Gasteiger partial charge in [-0.05, 0) is 12.1 Å². The molecule has 0 heterocycles. The van der Waals surface area contributed by atoms with E-state index in [0.717, 1.165) is 12.1 Å². The summed E-state index contributed by atoms with van der Waals surface area (Å²) in [6.07, 6.45) is 0. The number of nitro benzene ring substituents is 1. The second-order valence-corrected chi connectivity index (χ2v) is 4.13. The van der Waals surface area contributed by atoms with Gasteiger partial charge in [-0.1, -0.05) is 0 Å². The fourth-order valence-electron chi connectivity index (χ4n) is 1.43. The van der Waals surface area contributed by atoms with E-state index >= 15 is 0 Å². The first-order valence-corrected chi connectivity index (χ1v) is 5.48. The number of nitrogens with zero attached hydrogens (tertiary/aromatic N) is 1. The molecule has 1 aromatic rings. The van der Waals surface area contributed by atoms with Crippen molar-refractivity contribution in [2.24, 2.45) is 0 Å². The smallest absolute Gasteiger partial charge is 0.282 e. The van der Waals surface area contributed by atoms with E-state index in [2.05, 4.69) is 5.32 Å². The maximum atomic E-state index is 13.1. The van der Waals surface area contributed by atoms with Crippen LogP contribution in [0, 0.1) is 15.9 Å². The summed E-state index contributed by atoms with van der Waals surface area (Å²) in [6, 6.07) is 2.30. The summed E-state index contributed by atoms with van der Waals surface area (Å²) in [5.74, 6) is -1.95. The van der Waals surface area contributed by atoms with E-state index in [-0.39, 0.29) is 0 Å². The van der Waals surface area contributed by atoms with Crippen LogP contribution in [0.25, 0.3) is 0 Å². The summed E-state index contributed by atoms with van der Waals surface area (Å²) in [5, 5.41) is 40.0. The van der Waals surface area contributed by atoms with E-state index in [1.165, 1.54) is 0 Å². The number of halogens is 1. The SMILES string of the molecule is O=C(NC(CO)(CO)CO)c1cc(F)ccc1[N+](=O)[O-]. The van der Waals surface area contributed by atoms with Crippen LogP contribution in [0.2, 0.25) is 0 Å². The first-order valence-electron chi connectivity index (χ1n) is 5.48. The van der Waals surface area contributed by atoms with E-state index in [1.807, 2.05) is 0 Å². The van der Waals surface area contributed by atoms with Crippen LogP contribution >= 0.6 is 0 Å². The van der Waals surface area contributed by atoms with Gasteiger partial charge in [-0.15, -0.1) is 0 Å². The first-order chi connectivity index (χ1) is 9.39. The minimum Gasteiger partial charge on any atom is -0.394 e. The number of hydrogen-bond acceptors (Lipinski definition) is 6. The normalized spacial score (nSPS) is 11.2. The van der Waals surface area contributed by atoms with E-state index in [9.17, 15) is 19.3 Å². The van der Waals surface area contributed by atoms with Crippen LogP contribution in [0.3, 0.4) is 0 Å². The van der Waals surface area contributed by atoms with Gasteiger partial charge in [0.1, 0.15) is 16.9 Å². The Hall–Kier alpha value is -2.10. The minimum absolute atomic E-state index is 0.574. The molecule has 110 valence electrons. The monoisotopic (exact) mass is 288 g/mol. The Kier molecular flexibility index (Phi) is 5.08. The summed E-state index contributed by atoms with van der Waals surface area (Å²) < 4.78 is 13.1. The third kappa shape index (κ3) is 3.26. The maximum Gasteiger partial charge on any atom is 0.282 e. The molecular weight excluding hydrogens is 275 g/mol. The van der Waals surface area contributed by atoms with Crippen molar-refractivity contribution in [1.29, 1.82) is 0 Å². The highest BCUT2D eigenvalue weighted by atomic mass is 19.1. The van der Waals surface area contributed by atoms with Crippen molar-refractivity contribution in [3.8, 4) is 0 Å². The van der Waals surface area contributed by atoms with Crippen molar-refractivity contribution >= 4 is 11.6 Å². The van der Waals surface area contributed by atoms with Crippen LogP contribution in [-0.4, -0.2) is 51.5 Å². The van der Waals surface area contributed by atoms with Crippen LogP contribution in [0.4, 0.5) is 10.1 Å². The van der Waals surface area contributed by atoms with Crippen molar-refractivity contribution in [2.75, 3.05) is 19.8 Å². The number of amides is 1. The van der Waals surface area contributed by atoms with Gasteiger partial charge in [-0.2, -0.15) is 0 Å². The van der Waals surface area contributed by atoms with Crippen molar-refractivity contribution in [3.63, 3.8) is 0 Å². The number of aliphatic hydroxyl groups excluding tert-OH is 3. The summed E-state index contributed by atoms with van der Waals surface area (Å²) in [4.78, 5) is 21.8. The molecule has 0 aliphatic rings. The Morgan fingerprint density at radius 2 is 1.85 bits per heavy atom. The molecule has 0 fully saturated rings. The molecule has 1 amide bonds. The lowest BCUT2D eigenvalue weighted by Crippen LogP contribution is -2.57. The van der Waals surface area contributed by atoms with Gasteiger partial charge >= 0.3 is 0 Å². The van der Waals surface area contributed by atoms with Crippen LogP contribution in [0.5, 0.6) is 0 Å². The summed E-state index contributed by atoms with van der Waals surface area (Å²) in [7, 11) is 0. The predicted octanol–water partition coefficient (Wildman–Crippen LogP) is -0.821. The molecule has 0 aliphatic carbocycles. The summed E-state index contributed by atoms with van der Waals surface area (Å²) >= 11 is 0. The Labute approximate surface area is 112 Å². The van der Waals surface area contributed by atoms with E-state index in [1.54, 1.807) is 0 Å². The Bertz CT molecular complexity index is 509. The third-order valence-corrected chi connectivity index (χ3v) is 2.69. The fraction of sp³-hybridized carbons (Fsp3) is 0.364. The van der Waals surface area contributed by atoms with Crippen molar-refractivity contribution in [3.05, 3.63) is 39.7 Å².